The fourth-order valence-electron chi connectivity index (χ4n) is 2.76. The molecule has 0 aromatic carbocycles. The molecule has 1 aromatic heterocycles. The molecule has 0 bridgehead atoms. The summed E-state index contributed by atoms with van der Waals surface area (Å²) in [4.78, 5) is 6.85. The van der Waals surface area contributed by atoms with Gasteiger partial charge >= 0.3 is 0 Å². The maximum atomic E-state index is 9.71. The van der Waals surface area contributed by atoms with E-state index < -0.39 is 5.41 Å². The Bertz CT molecular complexity index is 425. The number of aromatic nitrogens is 1. The molecule has 0 radical (unpaired) electrons. The predicted molar refractivity (Wildman–Crippen MR) is 83.4 cm³/mol. The Labute approximate surface area is 123 Å². The molecule has 3 nitrogen and oxygen atoms in total. The maximum absolute atomic E-state index is 9.71. The van der Waals surface area contributed by atoms with Crippen molar-refractivity contribution in [1.29, 1.82) is 5.26 Å². The first-order valence-corrected chi connectivity index (χ1v) is 7.55. The molecule has 1 rings (SSSR count). The molecule has 0 aliphatic carbocycles. The maximum Gasteiger partial charge on any atom is 0.100 e. The second-order valence-electron chi connectivity index (χ2n) is 5.94. The lowest BCUT2D eigenvalue weighted by Gasteiger charge is -2.34. The number of pyridine rings is 1. The van der Waals surface area contributed by atoms with Crippen LogP contribution in [0.15, 0.2) is 24.4 Å². The van der Waals surface area contributed by atoms with Crippen molar-refractivity contribution in [2.45, 2.75) is 65.0 Å². The van der Waals surface area contributed by atoms with Crippen molar-refractivity contribution in [3.8, 4) is 6.07 Å². The summed E-state index contributed by atoms with van der Waals surface area (Å²) in [5.41, 5.74) is 0.431. The Balaban J connectivity index is 2.91. The number of nitriles is 1. The van der Waals surface area contributed by atoms with Gasteiger partial charge in [0.05, 0.1) is 11.8 Å². The third-order valence-electron chi connectivity index (χ3n) is 4.10. The van der Waals surface area contributed by atoms with E-state index in [0.29, 0.717) is 12.1 Å². The smallest absolute Gasteiger partial charge is 0.100 e. The van der Waals surface area contributed by atoms with E-state index >= 15 is 0 Å². The van der Waals surface area contributed by atoms with Crippen LogP contribution in [-0.4, -0.2) is 28.5 Å². The van der Waals surface area contributed by atoms with Gasteiger partial charge in [-0.15, -0.1) is 0 Å². The van der Waals surface area contributed by atoms with Crippen LogP contribution in [0.25, 0.3) is 0 Å². The molecule has 1 heterocycles. The van der Waals surface area contributed by atoms with Crippen LogP contribution in [0.5, 0.6) is 0 Å². The van der Waals surface area contributed by atoms with Gasteiger partial charge in [-0.1, -0.05) is 13.0 Å². The molecule has 1 aromatic rings. The number of nitrogens with zero attached hydrogens (tertiary/aromatic N) is 3. The van der Waals surface area contributed by atoms with Crippen LogP contribution in [0.2, 0.25) is 0 Å². The van der Waals surface area contributed by atoms with Gasteiger partial charge in [0.1, 0.15) is 5.41 Å². The largest absolute Gasteiger partial charge is 0.298 e. The lowest BCUT2D eigenvalue weighted by molar-refractivity contribution is 0.161. The van der Waals surface area contributed by atoms with Crippen molar-refractivity contribution >= 4 is 0 Å². The lowest BCUT2D eigenvalue weighted by Crippen LogP contribution is -2.40. The van der Waals surface area contributed by atoms with Crippen LogP contribution < -0.4 is 0 Å². The number of hydrogen-bond donors (Lipinski definition) is 0. The first kappa shape index (κ1) is 16.7. The minimum Gasteiger partial charge on any atom is -0.298 e. The molecule has 0 saturated carbocycles. The topological polar surface area (TPSA) is 39.9 Å². The van der Waals surface area contributed by atoms with E-state index in [9.17, 15) is 5.26 Å². The third kappa shape index (κ3) is 3.80. The van der Waals surface area contributed by atoms with Gasteiger partial charge in [-0.05, 0) is 52.7 Å². The van der Waals surface area contributed by atoms with E-state index in [2.05, 4.69) is 50.6 Å². The summed E-state index contributed by atoms with van der Waals surface area (Å²) in [5, 5.41) is 9.71. The molecule has 0 fully saturated rings. The Morgan fingerprint density at radius 2 is 1.90 bits per heavy atom. The van der Waals surface area contributed by atoms with E-state index in [1.807, 2.05) is 18.2 Å². The second-order valence-corrected chi connectivity index (χ2v) is 5.94. The zero-order valence-electron chi connectivity index (χ0n) is 13.4. The van der Waals surface area contributed by atoms with Crippen LogP contribution in [0.4, 0.5) is 0 Å². The Morgan fingerprint density at radius 3 is 2.30 bits per heavy atom. The highest BCUT2D eigenvalue weighted by Crippen LogP contribution is 2.30. The van der Waals surface area contributed by atoms with Gasteiger partial charge in [0, 0.05) is 24.8 Å². The third-order valence-corrected chi connectivity index (χ3v) is 4.10. The van der Waals surface area contributed by atoms with Gasteiger partial charge in [0.25, 0.3) is 0 Å². The van der Waals surface area contributed by atoms with Crippen molar-refractivity contribution < 1.29 is 0 Å². The van der Waals surface area contributed by atoms with Gasteiger partial charge in [0.2, 0.25) is 0 Å². The van der Waals surface area contributed by atoms with Crippen LogP contribution in [-0.2, 0) is 5.41 Å². The summed E-state index contributed by atoms with van der Waals surface area (Å²) in [6, 6.07) is 9.35. The first-order chi connectivity index (χ1) is 9.46. The highest BCUT2D eigenvalue weighted by Gasteiger charge is 2.32. The van der Waals surface area contributed by atoms with Gasteiger partial charge in [-0.2, -0.15) is 5.26 Å². The van der Waals surface area contributed by atoms with Crippen molar-refractivity contribution in [3.05, 3.63) is 30.1 Å². The van der Waals surface area contributed by atoms with Gasteiger partial charge in [0.15, 0.2) is 0 Å². The number of rotatable bonds is 7. The fourth-order valence-corrected chi connectivity index (χ4v) is 2.76. The standard InChI is InChI=1S/C17H27N3/c1-6-17(13-18,16-9-7-8-11-19-16)10-12-20(14(2)3)15(4)5/h7-9,11,14-15H,6,10,12H2,1-5H3/t17-/m1/s1. The lowest BCUT2D eigenvalue weighted by atomic mass is 9.79. The van der Waals surface area contributed by atoms with Crippen LogP contribution >= 0.6 is 0 Å². The van der Waals surface area contributed by atoms with E-state index in [1.54, 1.807) is 6.20 Å². The minimum atomic E-state index is -0.469. The van der Waals surface area contributed by atoms with Crippen LogP contribution in [0, 0.1) is 11.3 Å². The van der Waals surface area contributed by atoms with Crippen LogP contribution in [0.1, 0.15) is 53.2 Å². The van der Waals surface area contributed by atoms with Gasteiger partial charge in [-0.25, -0.2) is 0 Å². The first-order valence-electron chi connectivity index (χ1n) is 7.55. The molecule has 1 atom stereocenters. The molecule has 0 N–H and O–H groups in total. The SMILES string of the molecule is CC[C@](C#N)(CCN(C(C)C)C(C)C)c1ccccn1. The quantitative estimate of drug-likeness (QED) is 0.759. The fraction of sp³-hybridized carbons (Fsp3) is 0.647. The summed E-state index contributed by atoms with van der Waals surface area (Å²) in [5.74, 6) is 0. The Kier molecular flexibility index (Phi) is 6.16. The molecular formula is C17H27N3. The minimum absolute atomic E-state index is 0.469. The summed E-state index contributed by atoms with van der Waals surface area (Å²) in [6.07, 6.45) is 3.40. The molecular weight excluding hydrogens is 246 g/mol. The Morgan fingerprint density at radius 1 is 1.25 bits per heavy atom. The van der Waals surface area contributed by atoms with E-state index in [4.69, 9.17) is 0 Å². The summed E-state index contributed by atoms with van der Waals surface area (Å²) < 4.78 is 0. The zero-order chi connectivity index (χ0) is 15.2. The molecule has 0 amide bonds. The highest BCUT2D eigenvalue weighted by atomic mass is 15.2. The predicted octanol–water partition coefficient (Wildman–Crippen LogP) is 3.76. The van der Waals surface area contributed by atoms with Crippen LogP contribution in [0.3, 0.4) is 0 Å². The molecule has 0 aliphatic rings. The molecule has 0 saturated heterocycles. The van der Waals surface area contributed by atoms with Crippen molar-refractivity contribution in [2.75, 3.05) is 6.54 Å². The van der Waals surface area contributed by atoms with Crippen molar-refractivity contribution in [3.63, 3.8) is 0 Å². The van der Waals surface area contributed by atoms with E-state index in [0.717, 1.165) is 25.1 Å². The average Bonchev–Trinajstić information content (AvgIpc) is 2.44. The van der Waals surface area contributed by atoms with E-state index in [-0.39, 0.29) is 0 Å². The molecule has 3 heteroatoms. The summed E-state index contributed by atoms with van der Waals surface area (Å²) in [6.45, 7) is 11.8. The van der Waals surface area contributed by atoms with Gasteiger partial charge < -0.3 is 0 Å². The van der Waals surface area contributed by atoms with Crippen molar-refractivity contribution in [1.82, 2.24) is 9.88 Å². The molecule has 20 heavy (non-hydrogen) atoms. The normalized spacial score (nSPS) is 14.6. The Hall–Kier alpha value is -1.40. The number of hydrogen-bond acceptors (Lipinski definition) is 3. The molecule has 0 spiro atoms. The monoisotopic (exact) mass is 273 g/mol. The molecule has 0 unspecified atom stereocenters. The second kappa shape index (κ2) is 7.40. The van der Waals surface area contributed by atoms with Gasteiger partial charge in [-0.3, -0.25) is 9.88 Å². The zero-order valence-corrected chi connectivity index (χ0v) is 13.4. The summed E-state index contributed by atoms with van der Waals surface area (Å²) in [7, 11) is 0. The molecule has 0 aliphatic heterocycles. The van der Waals surface area contributed by atoms with E-state index in [1.165, 1.54) is 0 Å². The van der Waals surface area contributed by atoms with Crippen molar-refractivity contribution in [2.24, 2.45) is 0 Å². The molecule has 110 valence electrons. The average molecular weight is 273 g/mol. The summed E-state index contributed by atoms with van der Waals surface area (Å²) >= 11 is 0. The highest BCUT2D eigenvalue weighted by molar-refractivity contribution is 5.26.